The van der Waals surface area contributed by atoms with Crippen molar-refractivity contribution in [2.75, 3.05) is 5.73 Å². The lowest BCUT2D eigenvalue weighted by Gasteiger charge is -2.12. The molecule has 1 aromatic carbocycles. The highest BCUT2D eigenvalue weighted by atomic mass is 16.5. The highest BCUT2D eigenvalue weighted by molar-refractivity contribution is 5.43. The van der Waals surface area contributed by atoms with E-state index >= 15 is 0 Å². The average molecular weight is 257 g/mol. The molecule has 19 heavy (non-hydrogen) atoms. The zero-order chi connectivity index (χ0) is 14.0. The maximum Gasteiger partial charge on any atom is 0.168 e. The van der Waals surface area contributed by atoms with E-state index in [9.17, 15) is 0 Å². The quantitative estimate of drug-likeness (QED) is 0.918. The van der Waals surface area contributed by atoms with Gasteiger partial charge in [0.2, 0.25) is 0 Å². The van der Waals surface area contributed by atoms with Crippen LogP contribution in [-0.2, 0) is 6.61 Å². The average Bonchev–Trinajstić information content (AvgIpc) is 2.25. The van der Waals surface area contributed by atoms with Crippen LogP contribution in [0.15, 0.2) is 18.2 Å². The summed E-state index contributed by atoms with van der Waals surface area (Å²) in [6.07, 6.45) is 0. The van der Waals surface area contributed by atoms with Gasteiger partial charge in [-0.15, -0.1) is 0 Å². The molecule has 0 radical (unpaired) electrons. The van der Waals surface area contributed by atoms with Crippen molar-refractivity contribution in [3.63, 3.8) is 0 Å². The van der Waals surface area contributed by atoms with Gasteiger partial charge in [-0.3, -0.25) is 0 Å². The normalized spacial score (nSPS) is 10.5. The molecule has 0 aliphatic rings. The third-order valence-electron chi connectivity index (χ3n) is 2.87. The summed E-state index contributed by atoms with van der Waals surface area (Å²) in [7, 11) is 0. The predicted molar refractivity (Wildman–Crippen MR) is 76.2 cm³/mol. The molecule has 1 aromatic heterocycles. The molecule has 2 N–H and O–H groups in total. The molecule has 0 saturated heterocycles. The van der Waals surface area contributed by atoms with Gasteiger partial charge in [0, 0.05) is 11.8 Å². The maximum atomic E-state index is 5.84. The number of nitrogens with zero attached hydrogens (tertiary/aromatic N) is 2. The third kappa shape index (κ3) is 3.22. The van der Waals surface area contributed by atoms with Gasteiger partial charge in [-0.25, -0.2) is 9.97 Å². The number of nitrogens with two attached hydrogens (primary N) is 1. The summed E-state index contributed by atoms with van der Waals surface area (Å²) in [5.41, 5.74) is 10.0. The third-order valence-corrected chi connectivity index (χ3v) is 2.87. The molecule has 2 aromatic rings. The number of ether oxygens (including phenoxy) is 1. The molecule has 0 atom stereocenters. The molecule has 0 unspecified atom stereocenters. The second-order valence-corrected chi connectivity index (χ2v) is 4.87. The number of hydrogen-bond acceptors (Lipinski definition) is 4. The lowest BCUT2D eigenvalue weighted by molar-refractivity contribution is 0.291. The molecule has 100 valence electrons. The molecule has 0 aliphatic carbocycles. The van der Waals surface area contributed by atoms with Gasteiger partial charge in [-0.2, -0.15) is 0 Å². The Morgan fingerprint density at radius 1 is 1.00 bits per heavy atom. The topological polar surface area (TPSA) is 61.0 Å². The minimum atomic E-state index is 0.330. The first-order valence-electron chi connectivity index (χ1n) is 6.26. The van der Waals surface area contributed by atoms with E-state index in [2.05, 4.69) is 29.0 Å². The van der Waals surface area contributed by atoms with E-state index in [0.29, 0.717) is 18.2 Å². The minimum absolute atomic E-state index is 0.330. The van der Waals surface area contributed by atoms with Gasteiger partial charge in [-0.05, 0) is 38.8 Å². The molecule has 0 aliphatic heterocycles. The molecule has 0 amide bonds. The molecule has 0 saturated carbocycles. The Bertz CT molecular complexity index is 565. The van der Waals surface area contributed by atoms with Crippen molar-refractivity contribution in [3.05, 3.63) is 46.4 Å². The zero-order valence-electron chi connectivity index (χ0n) is 11.8. The van der Waals surface area contributed by atoms with E-state index in [4.69, 9.17) is 10.5 Å². The summed E-state index contributed by atoms with van der Waals surface area (Å²) in [4.78, 5) is 8.48. The molecular weight excluding hydrogens is 238 g/mol. The van der Waals surface area contributed by atoms with E-state index in [-0.39, 0.29) is 0 Å². The Balaban J connectivity index is 2.19. The van der Waals surface area contributed by atoms with E-state index in [1.165, 1.54) is 5.56 Å². The number of anilines is 1. The van der Waals surface area contributed by atoms with Crippen LogP contribution in [0.4, 0.5) is 5.82 Å². The molecule has 0 fully saturated rings. The summed E-state index contributed by atoms with van der Waals surface area (Å²) < 4.78 is 5.84. The van der Waals surface area contributed by atoms with E-state index in [1.807, 2.05) is 20.8 Å². The number of rotatable bonds is 3. The van der Waals surface area contributed by atoms with Gasteiger partial charge in [0.15, 0.2) is 5.82 Å². The highest BCUT2D eigenvalue weighted by Crippen LogP contribution is 2.25. The van der Waals surface area contributed by atoms with Crippen LogP contribution in [0, 0.1) is 27.7 Å². The smallest absolute Gasteiger partial charge is 0.168 e. The number of nitrogen functional groups attached to an aromatic ring is 1. The van der Waals surface area contributed by atoms with Crippen molar-refractivity contribution in [2.45, 2.75) is 34.3 Å². The van der Waals surface area contributed by atoms with Crippen LogP contribution in [0.3, 0.4) is 0 Å². The lowest BCUT2D eigenvalue weighted by atomic mass is 10.1. The van der Waals surface area contributed by atoms with Gasteiger partial charge in [0.25, 0.3) is 0 Å². The lowest BCUT2D eigenvalue weighted by Crippen LogP contribution is -2.06. The second kappa shape index (κ2) is 5.26. The van der Waals surface area contributed by atoms with Crippen LogP contribution < -0.4 is 10.5 Å². The van der Waals surface area contributed by atoms with Crippen molar-refractivity contribution in [3.8, 4) is 5.75 Å². The van der Waals surface area contributed by atoms with Crippen molar-refractivity contribution in [1.82, 2.24) is 9.97 Å². The number of benzene rings is 1. The van der Waals surface area contributed by atoms with Crippen LogP contribution in [0.5, 0.6) is 5.75 Å². The standard InChI is InChI=1S/C15H19N3O/c1-9-5-10(2)15(11(3)6-9)19-8-14-17-12(4)7-13(16)18-14/h5-7H,8H2,1-4H3,(H2,16,17,18). The zero-order valence-corrected chi connectivity index (χ0v) is 11.8. The Kier molecular flexibility index (Phi) is 3.69. The fraction of sp³-hybridized carbons (Fsp3) is 0.333. The van der Waals surface area contributed by atoms with Gasteiger partial charge in [-0.1, -0.05) is 17.7 Å². The van der Waals surface area contributed by atoms with Crippen molar-refractivity contribution >= 4 is 5.82 Å². The SMILES string of the molecule is Cc1cc(C)c(OCc2nc(C)cc(N)n2)c(C)c1. The molecule has 4 nitrogen and oxygen atoms in total. The maximum absolute atomic E-state index is 5.84. The Morgan fingerprint density at radius 2 is 1.63 bits per heavy atom. The molecule has 2 rings (SSSR count). The van der Waals surface area contributed by atoms with Crippen LogP contribution >= 0.6 is 0 Å². The van der Waals surface area contributed by atoms with E-state index in [1.54, 1.807) is 6.07 Å². The summed E-state index contributed by atoms with van der Waals surface area (Å²) in [6.45, 7) is 8.39. The monoisotopic (exact) mass is 257 g/mol. The molecule has 4 heteroatoms. The first-order valence-corrected chi connectivity index (χ1v) is 6.26. The molecular formula is C15H19N3O. The number of aryl methyl sites for hydroxylation is 4. The number of aromatic nitrogens is 2. The molecule has 0 spiro atoms. The van der Waals surface area contributed by atoms with E-state index < -0.39 is 0 Å². The van der Waals surface area contributed by atoms with Gasteiger partial charge in [0.1, 0.15) is 18.2 Å². The summed E-state index contributed by atoms with van der Waals surface area (Å²) >= 11 is 0. The second-order valence-electron chi connectivity index (χ2n) is 4.87. The fourth-order valence-electron chi connectivity index (χ4n) is 2.25. The fourth-order valence-corrected chi connectivity index (χ4v) is 2.25. The van der Waals surface area contributed by atoms with Gasteiger partial charge in [0.05, 0.1) is 0 Å². The minimum Gasteiger partial charge on any atom is -0.485 e. The summed E-state index contributed by atoms with van der Waals surface area (Å²) in [6, 6.07) is 5.95. The number of hydrogen-bond donors (Lipinski definition) is 1. The van der Waals surface area contributed by atoms with Crippen LogP contribution in [0.1, 0.15) is 28.2 Å². The van der Waals surface area contributed by atoms with Crippen molar-refractivity contribution < 1.29 is 4.74 Å². The molecule has 0 bridgehead atoms. The van der Waals surface area contributed by atoms with Gasteiger partial charge < -0.3 is 10.5 Å². The van der Waals surface area contributed by atoms with Crippen molar-refractivity contribution in [1.29, 1.82) is 0 Å². The predicted octanol–water partition coefficient (Wildman–Crippen LogP) is 2.87. The van der Waals surface area contributed by atoms with Crippen LogP contribution in [0.25, 0.3) is 0 Å². The highest BCUT2D eigenvalue weighted by Gasteiger charge is 2.07. The van der Waals surface area contributed by atoms with E-state index in [0.717, 1.165) is 22.6 Å². The molecule has 1 heterocycles. The van der Waals surface area contributed by atoms with Gasteiger partial charge >= 0.3 is 0 Å². The van der Waals surface area contributed by atoms with Crippen LogP contribution in [-0.4, -0.2) is 9.97 Å². The summed E-state index contributed by atoms with van der Waals surface area (Å²) in [5.74, 6) is 1.98. The van der Waals surface area contributed by atoms with Crippen molar-refractivity contribution in [2.24, 2.45) is 0 Å². The van der Waals surface area contributed by atoms with Crippen LogP contribution in [0.2, 0.25) is 0 Å². The Labute approximate surface area is 113 Å². The first-order chi connectivity index (χ1) is 8.95. The largest absolute Gasteiger partial charge is 0.485 e. The summed E-state index contributed by atoms with van der Waals surface area (Å²) in [5, 5.41) is 0. The first kappa shape index (κ1) is 13.3. The Morgan fingerprint density at radius 3 is 2.21 bits per heavy atom. The Hall–Kier alpha value is -2.10.